The van der Waals surface area contributed by atoms with Gasteiger partial charge in [-0.25, -0.2) is 9.78 Å². The van der Waals surface area contributed by atoms with Crippen LogP contribution in [0.5, 0.6) is 5.75 Å². The van der Waals surface area contributed by atoms with E-state index in [0.29, 0.717) is 12.3 Å². The number of aryl methyl sites for hydroxylation is 3. The molecule has 1 aliphatic heterocycles. The number of hydrogen-bond donors (Lipinski definition) is 0. The average molecular weight is 365 g/mol. The largest absolute Gasteiger partial charge is 0.477 e. The second-order valence-corrected chi connectivity index (χ2v) is 7.55. The fourth-order valence-corrected chi connectivity index (χ4v) is 4.43. The summed E-state index contributed by atoms with van der Waals surface area (Å²) in [5, 5.41) is 1.10. The Kier molecular flexibility index (Phi) is 4.01. The van der Waals surface area contributed by atoms with Crippen LogP contribution >= 0.6 is 0 Å². The van der Waals surface area contributed by atoms with E-state index in [2.05, 4.69) is 20.5 Å². The first-order valence-electron chi connectivity index (χ1n) is 9.62. The number of aromatic nitrogens is 2. The van der Waals surface area contributed by atoms with Gasteiger partial charge in [0, 0.05) is 54.1 Å². The highest BCUT2D eigenvalue weighted by Gasteiger charge is 2.26. The van der Waals surface area contributed by atoms with Crippen molar-refractivity contribution in [2.24, 2.45) is 0 Å². The Hall–Kier alpha value is -2.60. The van der Waals surface area contributed by atoms with Crippen molar-refractivity contribution in [3.63, 3.8) is 0 Å². The zero-order chi connectivity index (χ0) is 18.4. The Bertz CT molecular complexity index is 1050. The van der Waals surface area contributed by atoms with Gasteiger partial charge >= 0.3 is 5.63 Å². The molecule has 5 rings (SSSR count). The smallest absolute Gasteiger partial charge is 0.339 e. The van der Waals surface area contributed by atoms with E-state index < -0.39 is 0 Å². The molecule has 140 valence electrons. The maximum absolute atomic E-state index is 12.3. The highest BCUT2D eigenvalue weighted by Crippen LogP contribution is 2.38. The summed E-state index contributed by atoms with van der Waals surface area (Å²) in [4.78, 5) is 18.7. The van der Waals surface area contributed by atoms with Gasteiger partial charge < -0.3 is 13.7 Å². The van der Waals surface area contributed by atoms with Crippen LogP contribution in [0.25, 0.3) is 11.0 Å². The van der Waals surface area contributed by atoms with Crippen molar-refractivity contribution in [2.45, 2.75) is 45.7 Å². The van der Waals surface area contributed by atoms with Crippen molar-refractivity contribution in [3.8, 4) is 5.75 Å². The molecule has 2 aliphatic rings. The highest BCUT2D eigenvalue weighted by atomic mass is 16.5. The molecule has 0 radical (unpaired) electrons. The van der Waals surface area contributed by atoms with E-state index in [0.717, 1.165) is 67.6 Å². The van der Waals surface area contributed by atoms with Gasteiger partial charge in [-0.05, 0) is 44.2 Å². The van der Waals surface area contributed by atoms with Gasteiger partial charge in [-0.15, -0.1) is 0 Å². The highest BCUT2D eigenvalue weighted by molar-refractivity contribution is 5.87. The lowest BCUT2D eigenvalue weighted by Crippen LogP contribution is -2.33. The number of rotatable bonds is 4. The normalized spacial score (nSPS) is 16.3. The van der Waals surface area contributed by atoms with Gasteiger partial charge in [0.25, 0.3) is 0 Å². The molecular formula is C21H23N3O3. The SMILES string of the molecule is Cc1c2c(cc3c4c(c(=O)oc13)CCC4)CN(CCCn1ccnc1)CO2. The van der Waals surface area contributed by atoms with E-state index in [1.165, 1.54) is 11.1 Å². The van der Waals surface area contributed by atoms with Crippen LogP contribution in [-0.2, 0) is 25.9 Å². The summed E-state index contributed by atoms with van der Waals surface area (Å²) < 4.78 is 13.8. The molecule has 0 unspecified atom stereocenters. The Morgan fingerprint density at radius 1 is 1.22 bits per heavy atom. The minimum absolute atomic E-state index is 0.171. The average Bonchev–Trinajstić information content (AvgIpc) is 3.35. The van der Waals surface area contributed by atoms with Crippen molar-refractivity contribution in [1.29, 1.82) is 0 Å². The van der Waals surface area contributed by atoms with Gasteiger partial charge in [0.1, 0.15) is 18.1 Å². The van der Waals surface area contributed by atoms with Crippen molar-refractivity contribution < 1.29 is 9.15 Å². The van der Waals surface area contributed by atoms with E-state index >= 15 is 0 Å². The molecule has 0 saturated carbocycles. The van der Waals surface area contributed by atoms with Gasteiger partial charge in [0.05, 0.1) is 6.33 Å². The second kappa shape index (κ2) is 6.53. The van der Waals surface area contributed by atoms with Gasteiger partial charge in [-0.3, -0.25) is 4.90 Å². The first-order chi connectivity index (χ1) is 13.2. The van der Waals surface area contributed by atoms with E-state index in [9.17, 15) is 4.79 Å². The molecule has 0 bridgehead atoms. The second-order valence-electron chi connectivity index (χ2n) is 7.55. The lowest BCUT2D eigenvalue weighted by Gasteiger charge is -2.30. The molecule has 1 aromatic carbocycles. The van der Waals surface area contributed by atoms with Gasteiger partial charge in [-0.2, -0.15) is 0 Å². The zero-order valence-electron chi connectivity index (χ0n) is 15.5. The van der Waals surface area contributed by atoms with Crippen LogP contribution < -0.4 is 10.4 Å². The number of hydrogen-bond acceptors (Lipinski definition) is 5. The quantitative estimate of drug-likeness (QED) is 0.665. The zero-order valence-corrected chi connectivity index (χ0v) is 15.5. The Morgan fingerprint density at radius 2 is 2.11 bits per heavy atom. The van der Waals surface area contributed by atoms with Crippen LogP contribution in [-0.4, -0.2) is 27.7 Å². The van der Waals surface area contributed by atoms with Crippen molar-refractivity contribution in [2.75, 3.05) is 13.3 Å². The molecule has 1 aliphatic carbocycles. The van der Waals surface area contributed by atoms with E-state index in [4.69, 9.17) is 9.15 Å². The molecular weight excluding hydrogens is 342 g/mol. The van der Waals surface area contributed by atoms with Gasteiger partial charge in [0.2, 0.25) is 0 Å². The Morgan fingerprint density at radius 3 is 2.96 bits per heavy atom. The number of imidazole rings is 1. The maximum atomic E-state index is 12.3. The Labute approximate surface area is 157 Å². The Balaban J connectivity index is 1.42. The molecule has 0 spiro atoms. The summed E-state index contributed by atoms with van der Waals surface area (Å²) in [6.45, 7) is 5.36. The molecule has 0 amide bonds. The third-order valence-corrected chi connectivity index (χ3v) is 5.76. The fourth-order valence-electron chi connectivity index (χ4n) is 4.43. The predicted octanol–water partition coefficient (Wildman–Crippen LogP) is 3.03. The lowest BCUT2D eigenvalue weighted by molar-refractivity contribution is 0.0924. The molecule has 6 heteroatoms. The van der Waals surface area contributed by atoms with Crippen molar-refractivity contribution >= 4 is 11.0 Å². The number of ether oxygens (including phenoxy) is 1. The van der Waals surface area contributed by atoms with E-state index in [1.54, 1.807) is 0 Å². The molecule has 0 saturated heterocycles. The van der Waals surface area contributed by atoms with Crippen LogP contribution in [0.2, 0.25) is 0 Å². The molecule has 27 heavy (non-hydrogen) atoms. The van der Waals surface area contributed by atoms with Crippen LogP contribution in [0.3, 0.4) is 0 Å². The summed E-state index contributed by atoms with van der Waals surface area (Å²) in [6.07, 6.45) is 9.53. The number of benzene rings is 1. The van der Waals surface area contributed by atoms with Crippen LogP contribution in [0, 0.1) is 6.92 Å². The molecule has 0 fully saturated rings. The van der Waals surface area contributed by atoms with Crippen LogP contribution in [0.15, 0.2) is 34.0 Å². The lowest BCUT2D eigenvalue weighted by atomic mass is 9.99. The predicted molar refractivity (Wildman–Crippen MR) is 102 cm³/mol. The monoisotopic (exact) mass is 365 g/mol. The number of fused-ring (bicyclic) bond motifs is 4. The van der Waals surface area contributed by atoms with E-state index in [-0.39, 0.29) is 5.63 Å². The summed E-state index contributed by atoms with van der Waals surface area (Å²) in [5.41, 5.74) is 4.73. The first-order valence-corrected chi connectivity index (χ1v) is 9.62. The third kappa shape index (κ3) is 2.84. The van der Waals surface area contributed by atoms with Gasteiger partial charge in [-0.1, -0.05) is 0 Å². The minimum Gasteiger partial charge on any atom is -0.477 e. The summed E-state index contributed by atoms with van der Waals surface area (Å²) in [5.74, 6) is 0.884. The summed E-state index contributed by atoms with van der Waals surface area (Å²) >= 11 is 0. The molecule has 3 aromatic rings. The van der Waals surface area contributed by atoms with E-state index in [1.807, 2.05) is 25.6 Å². The van der Waals surface area contributed by atoms with Crippen molar-refractivity contribution in [1.82, 2.24) is 14.5 Å². The first kappa shape index (κ1) is 16.6. The minimum atomic E-state index is -0.171. The summed E-state index contributed by atoms with van der Waals surface area (Å²) in [7, 11) is 0. The summed E-state index contributed by atoms with van der Waals surface area (Å²) in [6, 6.07) is 2.19. The van der Waals surface area contributed by atoms with Crippen LogP contribution in [0.4, 0.5) is 0 Å². The van der Waals surface area contributed by atoms with Crippen LogP contribution in [0.1, 0.15) is 35.1 Å². The maximum Gasteiger partial charge on any atom is 0.339 e. The fraction of sp³-hybridized carbons (Fsp3) is 0.429. The molecule has 2 aromatic heterocycles. The molecule has 0 N–H and O–H groups in total. The molecule has 6 nitrogen and oxygen atoms in total. The number of nitrogens with zero attached hydrogens (tertiary/aromatic N) is 3. The topological polar surface area (TPSA) is 60.5 Å². The standard InChI is InChI=1S/C21H23N3O3/c1-14-19-15(10-18-16-4-2-5-17(16)21(25)27-20(14)18)11-24(13-26-19)8-3-7-23-9-6-22-12-23/h6,9-10,12H,2-5,7-8,11,13H2,1H3. The molecule has 0 atom stereocenters. The molecule has 3 heterocycles. The van der Waals surface area contributed by atoms with Gasteiger partial charge in [0.15, 0.2) is 0 Å². The van der Waals surface area contributed by atoms with Crippen molar-refractivity contribution in [3.05, 3.63) is 57.5 Å². The third-order valence-electron chi connectivity index (χ3n) is 5.76.